The van der Waals surface area contributed by atoms with Crippen molar-refractivity contribution in [2.75, 3.05) is 0 Å². The monoisotopic (exact) mass is 197 g/mol. The van der Waals surface area contributed by atoms with Crippen LogP contribution in [-0.2, 0) is 0 Å². The SMILES string of the molecule is N[C@@H]1CCC[C@@H]1c1cc(F)cc(F)c1. The average Bonchev–Trinajstić information content (AvgIpc) is 2.49. The molecule has 0 unspecified atom stereocenters. The first-order chi connectivity index (χ1) is 6.66. The highest BCUT2D eigenvalue weighted by Gasteiger charge is 2.25. The van der Waals surface area contributed by atoms with Gasteiger partial charge in [-0.3, -0.25) is 0 Å². The summed E-state index contributed by atoms with van der Waals surface area (Å²) in [4.78, 5) is 0. The molecule has 0 aliphatic heterocycles. The molecule has 1 aromatic rings. The summed E-state index contributed by atoms with van der Waals surface area (Å²) in [5.41, 5.74) is 6.57. The van der Waals surface area contributed by atoms with E-state index < -0.39 is 11.6 Å². The third kappa shape index (κ3) is 1.77. The molecule has 0 bridgehead atoms. The first-order valence-electron chi connectivity index (χ1n) is 4.88. The summed E-state index contributed by atoms with van der Waals surface area (Å²) in [6, 6.07) is 3.72. The molecule has 1 fully saturated rings. The molecule has 2 N–H and O–H groups in total. The molecule has 1 aliphatic carbocycles. The Bertz CT molecular complexity index is 318. The van der Waals surface area contributed by atoms with Gasteiger partial charge in [0.25, 0.3) is 0 Å². The Balaban J connectivity index is 2.31. The molecule has 0 heterocycles. The number of hydrogen-bond acceptors (Lipinski definition) is 1. The van der Waals surface area contributed by atoms with Crippen molar-refractivity contribution >= 4 is 0 Å². The van der Waals surface area contributed by atoms with E-state index in [9.17, 15) is 8.78 Å². The van der Waals surface area contributed by atoms with Crippen molar-refractivity contribution in [1.82, 2.24) is 0 Å². The van der Waals surface area contributed by atoms with Crippen LogP contribution in [0.5, 0.6) is 0 Å². The Morgan fingerprint density at radius 2 is 1.71 bits per heavy atom. The van der Waals surface area contributed by atoms with Crippen LogP contribution < -0.4 is 5.73 Å². The number of hydrogen-bond donors (Lipinski definition) is 1. The predicted molar refractivity (Wildman–Crippen MR) is 50.9 cm³/mol. The van der Waals surface area contributed by atoms with Gasteiger partial charge in [-0.15, -0.1) is 0 Å². The van der Waals surface area contributed by atoms with E-state index in [0.29, 0.717) is 5.56 Å². The topological polar surface area (TPSA) is 26.0 Å². The van der Waals surface area contributed by atoms with E-state index in [0.717, 1.165) is 25.3 Å². The molecule has 0 spiro atoms. The van der Waals surface area contributed by atoms with Crippen LogP contribution in [0.4, 0.5) is 8.78 Å². The molecule has 0 saturated heterocycles. The fraction of sp³-hybridized carbons (Fsp3) is 0.455. The Morgan fingerprint density at radius 1 is 1.07 bits per heavy atom. The lowest BCUT2D eigenvalue weighted by atomic mass is 9.94. The van der Waals surface area contributed by atoms with Gasteiger partial charge in [0.1, 0.15) is 11.6 Å². The Morgan fingerprint density at radius 3 is 2.21 bits per heavy atom. The second-order valence-electron chi connectivity index (χ2n) is 3.90. The lowest BCUT2D eigenvalue weighted by Crippen LogP contribution is -2.22. The lowest BCUT2D eigenvalue weighted by Gasteiger charge is -2.15. The number of benzene rings is 1. The van der Waals surface area contributed by atoms with Crippen LogP contribution in [0.25, 0.3) is 0 Å². The standard InChI is InChI=1S/C11H13F2N/c12-8-4-7(5-9(13)6-8)10-2-1-3-11(10)14/h4-6,10-11H,1-3,14H2/t10-,11-/m1/s1. The Hall–Kier alpha value is -0.960. The van der Waals surface area contributed by atoms with Gasteiger partial charge in [-0.05, 0) is 36.5 Å². The van der Waals surface area contributed by atoms with E-state index in [1.807, 2.05) is 0 Å². The van der Waals surface area contributed by atoms with Crippen LogP contribution in [0, 0.1) is 11.6 Å². The first kappa shape index (κ1) is 9.59. The van der Waals surface area contributed by atoms with E-state index in [-0.39, 0.29) is 12.0 Å². The van der Waals surface area contributed by atoms with E-state index in [2.05, 4.69) is 0 Å². The van der Waals surface area contributed by atoms with E-state index >= 15 is 0 Å². The van der Waals surface area contributed by atoms with Crippen LogP contribution in [0.15, 0.2) is 18.2 Å². The summed E-state index contributed by atoms with van der Waals surface area (Å²) in [6.07, 6.45) is 2.93. The third-order valence-corrected chi connectivity index (χ3v) is 2.88. The highest BCUT2D eigenvalue weighted by atomic mass is 19.1. The van der Waals surface area contributed by atoms with Crippen LogP contribution in [0.1, 0.15) is 30.7 Å². The Labute approximate surface area is 81.9 Å². The summed E-state index contributed by atoms with van der Waals surface area (Å²) in [5, 5.41) is 0. The van der Waals surface area contributed by atoms with Crippen molar-refractivity contribution in [3.63, 3.8) is 0 Å². The summed E-state index contributed by atoms with van der Waals surface area (Å²) in [6.45, 7) is 0. The maximum absolute atomic E-state index is 12.9. The fourth-order valence-electron chi connectivity index (χ4n) is 2.19. The highest BCUT2D eigenvalue weighted by molar-refractivity contribution is 5.24. The second-order valence-corrected chi connectivity index (χ2v) is 3.90. The van der Waals surface area contributed by atoms with E-state index in [1.54, 1.807) is 0 Å². The molecule has 0 radical (unpaired) electrons. The highest BCUT2D eigenvalue weighted by Crippen LogP contribution is 2.33. The Kier molecular flexibility index (Phi) is 2.50. The molecular weight excluding hydrogens is 184 g/mol. The van der Waals surface area contributed by atoms with E-state index in [1.165, 1.54) is 12.1 Å². The van der Waals surface area contributed by atoms with Crippen LogP contribution >= 0.6 is 0 Å². The fourth-order valence-corrected chi connectivity index (χ4v) is 2.19. The molecule has 2 atom stereocenters. The van der Waals surface area contributed by atoms with Gasteiger partial charge in [0, 0.05) is 12.1 Å². The molecule has 1 nitrogen and oxygen atoms in total. The van der Waals surface area contributed by atoms with Crippen molar-refractivity contribution in [2.24, 2.45) is 5.73 Å². The smallest absolute Gasteiger partial charge is 0.126 e. The zero-order valence-corrected chi connectivity index (χ0v) is 7.84. The summed E-state index contributed by atoms with van der Waals surface area (Å²) < 4.78 is 25.9. The van der Waals surface area contributed by atoms with Crippen LogP contribution in [0.3, 0.4) is 0 Å². The van der Waals surface area contributed by atoms with Crippen molar-refractivity contribution < 1.29 is 8.78 Å². The number of halogens is 2. The number of rotatable bonds is 1. The van der Waals surface area contributed by atoms with Gasteiger partial charge in [0.2, 0.25) is 0 Å². The summed E-state index contributed by atoms with van der Waals surface area (Å²) in [5.74, 6) is -0.904. The lowest BCUT2D eigenvalue weighted by molar-refractivity contribution is 0.561. The van der Waals surface area contributed by atoms with E-state index in [4.69, 9.17) is 5.73 Å². The van der Waals surface area contributed by atoms with Gasteiger partial charge >= 0.3 is 0 Å². The zero-order chi connectivity index (χ0) is 10.1. The molecule has 1 saturated carbocycles. The molecule has 1 aliphatic rings. The van der Waals surface area contributed by atoms with Crippen molar-refractivity contribution in [3.05, 3.63) is 35.4 Å². The maximum atomic E-state index is 12.9. The van der Waals surface area contributed by atoms with Gasteiger partial charge in [-0.2, -0.15) is 0 Å². The van der Waals surface area contributed by atoms with Crippen molar-refractivity contribution in [1.29, 1.82) is 0 Å². The van der Waals surface area contributed by atoms with Gasteiger partial charge in [0.15, 0.2) is 0 Å². The minimum absolute atomic E-state index is 0.0520. The molecule has 76 valence electrons. The maximum Gasteiger partial charge on any atom is 0.126 e. The molecule has 0 aromatic heterocycles. The third-order valence-electron chi connectivity index (χ3n) is 2.88. The summed E-state index contributed by atoms with van der Waals surface area (Å²) >= 11 is 0. The minimum Gasteiger partial charge on any atom is -0.327 e. The molecule has 0 amide bonds. The molecule has 2 rings (SSSR count). The first-order valence-corrected chi connectivity index (χ1v) is 4.88. The largest absolute Gasteiger partial charge is 0.327 e. The quantitative estimate of drug-likeness (QED) is 0.735. The second kappa shape index (κ2) is 3.65. The zero-order valence-electron chi connectivity index (χ0n) is 7.84. The van der Waals surface area contributed by atoms with Gasteiger partial charge in [-0.25, -0.2) is 8.78 Å². The van der Waals surface area contributed by atoms with Crippen LogP contribution in [0.2, 0.25) is 0 Å². The van der Waals surface area contributed by atoms with Crippen molar-refractivity contribution in [3.8, 4) is 0 Å². The average molecular weight is 197 g/mol. The van der Waals surface area contributed by atoms with Gasteiger partial charge < -0.3 is 5.73 Å². The molecule has 3 heteroatoms. The molecular formula is C11H13F2N. The molecule has 14 heavy (non-hydrogen) atoms. The minimum atomic E-state index is -0.515. The van der Waals surface area contributed by atoms with Crippen LogP contribution in [-0.4, -0.2) is 6.04 Å². The van der Waals surface area contributed by atoms with Gasteiger partial charge in [-0.1, -0.05) is 6.42 Å². The normalized spacial score (nSPS) is 26.8. The number of nitrogens with two attached hydrogens (primary N) is 1. The summed E-state index contributed by atoms with van der Waals surface area (Å²) in [7, 11) is 0. The van der Waals surface area contributed by atoms with Gasteiger partial charge in [0.05, 0.1) is 0 Å². The van der Waals surface area contributed by atoms with Crippen molar-refractivity contribution in [2.45, 2.75) is 31.2 Å². The molecule has 1 aromatic carbocycles. The predicted octanol–water partition coefficient (Wildman–Crippen LogP) is 2.56.